The van der Waals surface area contributed by atoms with Gasteiger partial charge in [-0.1, -0.05) is 48.0 Å². The number of hydrogen-bond donors (Lipinski definition) is 0. The molecule has 0 aromatic heterocycles. The number of rotatable bonds is 6. The molecule has 27 heavy (non-hydrogen) atoms. The maximum absolute atomic E-state index is 11.3. The van der Waals surface area contributed by atoms with Gasteiger partial charge in [-0.15, -0.1) is 6.58 Å². The fourth-order valence-corrected chi connectivity index (χ4v) is 4.17. The van der Waals surface area contributed by atoms with E-state index in [-0.39, 0.29) is 6.04 Å². The first-order valence-electron chi connectivity index (χ1n) is 9.46. The van der Waals surface area contributed by atoms with E-state index in [9.17, 15) is 4.79 Å². The molecule has 3 unspecified atom stereocenters. The van der Waals surface area contributed by atoms with Crippen LogP contribution in [0.15, 0.2) is 61.2 Å². The van der Waals surface area contributed by atoms with Crippen LogP contribution in [0.4, 0.5) is 0 Å². The molecule has 2 aromatic rings. The summed E-state index contributed by atoms with van der Waals surface area (Å²) in [7, 11) is 0. The summed E-state index contributed by atoms with van der Waals surface area (Å²) in [6.07, 6.45) is 2.89. The Kier molecular flexibility index (Phi) is 6.48. The molecular weight excluding hydrogens is 356 g/mol. The lowest BCUT2D eigenvalue weighted by Crippen LogP contribution is -2.58. The van der Waals surface area contributed by atoms with Gasteiger partial charge in [0.15, 0.2) is 0 Å². The average molecular weight is 383 g/mol. The van der Waals surface area contributed by atoms with Gasteiger partial charge in [-0.2, -0.15) is 0 Å². The second-order valence-corrected chi connectivity index (χ2v) is 7.68. The zero-order valence-electron chi connectivity index (χ0n) is 16.0. The Labute approximate surface area is 167 Å². The van der Waals surface area contributed by atoms with Crippen molar-refractivity contribution in [3.05, 3.63) is 82.9 Å². The maximum atomic E-state index is 11.3. The first-order chi connectivity index (χ1) is 13.0. The minimum Gasteiger partial charge on any atom is -0.298 e. The van der Waals surface area contributed by atoms with Crippen LogP contribution in [0.3, 0.4) is 0 Å². The van der Waals surface area contributed by atoms with E-state index in [1.807, 2.05) is 36.4 Å². The molecule has 1 saturated heterocycles. The van der Waals surface area contributed by atoms with Crippen LogP contribution in [-0.4, -0.2) is 47.8 Å². The molecule has 142 valence electrons. The lowest BCUT2D eigenvalue weighted by Gasteiger charge is -2.48. The van der Waals surface area contributed by atoms with Gasteiger partial charge in [-0.25, -0.2) is 0 Å². The molecule has 4 heteroatoms. The Morgan fingerprint density at radius 2 is 1.85 bits per heavy atom. The smallest absolute Gasteiger partial charge is 0.150 e. The summed E-state index contributed by atoms with van der Waals surface area (Å²) in [4.78, 5) is 16.3. The third-order valence-electron chi connectivity index (χ3n) is 5.69. The summed E-state index contributed by atoms with van der Waals surface area (Å²) in [5.74, 6) is 0. The standard InChI is InChI=1S/C23H27ClN2O/c1-4-12-25-13-14-26(18(3)17(25)2)23(20-8-10-22(24)11-9-20)21-7-5-6-19(15-21)16-27/h4-11,15-18,23H,1,12-14H2,2-3H3. The molecule has 3 atom stereocenters. The summed E-state index contributed by atoms with van der Waals surface area (Å²) < 4.78 is 0. The number of carbonyl (C=O) groups is 1. The summed E-state index contributed by atoms with van der Waals surface area (Å²) >= 11 is 6.13. The van der Waals surface area contributed by atoms with E-state index in [4.69, 9.17) is 11.6 Å². The van der Waals surface area contributed by atoms with Crippen molar-refractivity contribution < 1.29 is 4.79 Å². The van der Waals surface area contributed by atoms with Crippen molar-refractivity contribution in [1.82, 2.24) is 9.80 Å². The summed E-state index contributed by atoms with van der Waals surface area (Å²) in [5.41, 5.74) is 3.04. The van der Waals surface area contributed by atoms with Crippen molar-refractivity contribution in [3.8, 4) is 0 Å². The summed E-state index contributed by atoms with van der Waals surface area (Å²) in [6, 6.07) is 16.9. The lowest BCUT2D eigenvalue weighted by molar-refractivity contribution is 0.0240. The fraction of sp³-hybridized carbons (Fsp3) is 0.348. The summed E-state index contributed by atoms with van der Waals surface area (Å²) in [5, 5.41) is 0.733. The molecule has 2 aromatic carbocycles. The van der Waals surface area contributed by atoms with Crippen molar-refractivity contribution in [3.63, 3.8) is 0 Å². The molecule has 1 aliphatic heterocycles. The van der Waals surface area contributed by atoms with Gasteiger partial charge in [0.2, 0.25) is 0 Å². The van der Waals surface area contributed by atoms with Gasteiger partial charge in [0.25, 0.3) is 0 Å². The van der Waals surface area contributed by atoms with Crippen LogP contribution >= 0.6 is 11.6 Å². The largest absolute Gasteiger partial charge is 0.298 e. The van der Waals surface area contributed by atoms with E-state index in [1.54, 1.807) is 0 Å². The van der Waals surface area contributed by atoms with Crippen molar-refractivity contribution in [2.75, 3.05) is 19.6 Å². The molecular formula is C23H27ClN2O. The van der Waals surface area contributed by atoms with E-state index in [0.717, 1.165) is 36.5 Å². The molecule has 0 amide bonds. The van der Waals surface area contributed by atoms with Crippen molar-refractivity contribution in [2.45, 2.75) is 32.0 Å². The van der Waals surface area contributed by atoms with Crippen LogP contribution in [0.5, 0.6) is 0 Å². The molecule has 1 aliphatic rings. The monoisotopic (exact) mass is 382 g/mol. The number of nitrogens with zero attached hydrogens (tertiary/aromatic N) is 2. The second kappa shape index (κ2) is 8.83. The number of benzene rings is 2. The molecule has 1 heterocycles. The minimum atomic E-state index is 0.0884. The lowest BCUT2D eigenvalue weighted by atomic mass is 9.92. The second-order valence-electron chi connectivity index (χ2n) is 7.24. The molecule has 0 radical (unpaired) electrons. The van der Waals surface area contributed by atoms with Gasteiger partial charge in [-0.3, -0.25) is 14.6 Å². The normalized spacial score (nSPS) is 22.3. The first-order valence-corrected chi connectivity index (χ1v) is 9.84. The average Bonchev–Trinajstić information content (AvgIpc) is 2.69. The third-order valence-corrected chi connectivity index (χ3v) is 5.94. The molecule has 0 aliphatic carbocycles. The van der Waals surface area contributed by atoms with Crippen molar-refractivity contribution in [2.24, 2.45) is 0 Å². The Morgan fingerprint density at radius 1 is 1.11 bits per heavy atom. The Bertz CT molecular complexity index is 789. The molecule has 3 nitrogen and oxygen atoms in total. The first kappa shape index (κ1) is 19.8. The van der Waals surface area contributed by atoms with E-state index in [2.05, 4.69) is 48.4 Å². The quantitative estimate of drug-likeness (QED) is 0.528. The third kappa shape index (κ3) is 4.32. The highest BCUT2D eigenvalue weighted by molar-refractivity contribution is 6.30. The number of aldehydes is 1. The Morgan fingerprint density at radius 3 is 2.52 bits per heavy atom. The van der Waals surface area contributed by atoms with E-state index in [1.165, 1.54) is 5.56 Å². The Balaban J connectivity index is 2.00. The van der Waals surface area contributed by atoms with Crippen LogP contribution < -0.4 is 0 Å². The van der Waals surface area contributed by atoms with Gasteiger partial charge in [0.05, 0.1) is 6.04 Å². The molecule has 0 bridgehead atoms. The van der Waals surface area contributed by atoms with Crippen molar-refractivity contribution in [1.29, 1.82) is 0 Å². The SMILES string of the molecule is C=CCN1CCN(C(c2ccc(Cl)cc2)c2cccc(C=O)c2)C(C)C1C. The van der Waals surface area contributed by atoms with Crippen LogP contribution in [0.25, 0.3) is 0 Å². The highest BCUT2D eigenvalue weighted by Crippen LogP contribution is 2.34. The van der Waals surface area contributed by atoms with Crippen LogP contribution in [-0.2, 0) is 0 Å². The highest BCUT2D eigenvalue weighted by Gasteiger charge is 2.35. The van der Waals surface area contributed by atoms with E-state index < -0.39 is 0 Å². The highest BCUT2D eigenvalue weighted by atomic mass is 35.5. The van der Waals surface area contributed by atoms with Crippen molar-refractivity contribution >= 4 is 17.9 Å². The molecule has 0 saturated carbocycles. The minimum absolute atomic E-state index is 0.0884. The van der Waals surface area contributed by atoms with Gasteiger partial charge >= 0.3 is 0 Å². The van der Waals surface area contributed by atoms with Gasteiger partial charge in [0.1, 0.15) is 6.29 Å². The zero-order chi connectivity index (χ0) is 19.4. The topological polar surface area (TPSA) is 23.6 Å². The molecule has 0 N–H and O–H groups in total. The molecule has 0 spiro atoms. The fourth-order valence-electron chi connectivity index (χ4n) is 4.04. The van der Waals surface area contributed by atoms with Gasteiger partial charge in [-0.05, 0) is 43.2 Å². The van der Waals surface area contributed by atoms with Crippen LogP contribution in [0.1, 0.15) is 41.4 Å². The molecule has 1 fully saturated rings. The van der Waals surface area contributed by atoms with Gasteiger partial charge < -0.3 is 0 Å². The Hall–Kier alpha value is -1.94. The predicted octanol–water partition coefficient (Wildman–Crippen LogP) is 4.82. The molecule has 3 rings (SSSR count). The maximum Gasteiger partial charge on any atom is 0.150 e. The predicted molar refractivity (Wildman–Crippen MR) is 113 cm³/mol. The summed E-state index contributed by atoms with van der Waals surface area (Å²) in [6.45, 7) is 11.3. The number of piperazine rings is 1. The van der Waals surface area contributed by atoms with Gasteiger partial charge in [0, 0.05) is 42.3 Å². The van der Waals surface area contributed by atoms with E-state index in [0.29, 0.717) is 17.6 Å². The number of halogens is 1. The van der Waals surface area contributed by atoms with E-state index >= 15 is 0 Å². The zero-order valence-corrected chi connectivity index (χ0v) is 16.8. The number of carbonyl (C=O) groups excluding carboxylic acids is 1. The van der Waals surface area contributed by atoms with Crippen LogP contribution in [0, 0.1) is 0 Å². The number of hydrogen-bond acceptors (Lipinski definition) is 3. The van der Waals surface area contributed by atoms with Crippen LogP contribution in [0.2, 0.25) is 5.02 Å².